The second-order valence-electron chi connectivity index (χ2n) is 3.20. The molecular weight excluding hydrogens is 164 g/mol. The van der Waals surface area contributed by atoms with Crippen LogP contribution in [0.15, 0.2) is 12.7 Å². The summed E-state index contributed by atoms with van der Waals surface area (Å²) in [5, 5.41) is 8.85. The summed E-state index contributed by atoms with van der Waals surface area (Å²) in [6.45, 7) is 5.51. The Morgan fingerprint density at radius 1 is 1.77 bits per heavy atom. The number of hydrogen-bond donors (Lipinski definition) is 1. The van der Waals surface area contributed by atoms with Crippen molar-refractivity contribution in [1.29, 1.82) is 0 Å². The summed E-state index contributed by atoms with van der Waals surface area (Å²) in [6, 6.07) is 0. The Kier molecular flexibility index (Phi) is 5.71. The van der Waals surface area contributed by atoms with Crippen LogP contribution < -0.4 is 0 Å². The first kappa shape index (κ1) is 11.8. The Hall–Kier alpha value is -1.23. The zero-order valence-corrected chi connectivity index (χ0v) is 7.99. The van der Waals surface area contributed by atoms with Crippen molar-refractivity contribution in [3.05, 3.63) is 12.7 Å². The van der Waals surface area contributed by atoms with Gasteiger partial charge in [-0.2, -0.15) is 0 Å². The maximum Gasteiger partial charge on any atom is 0.307 e. The standard InChI is InChI=1S/C11H16O2/c1-4-6-8-9(3)10(7-5-2)11(12)13/h2,4,9-10H,1,6-8H2,3H3,(H,12,13). The molecule has 0 aliphatic rings. The lowest BCUT2D eigenvalue weighted by Crippen LogP contribution is -2.21. The number of carboxylic acid groups (broad SMARTS) is 1. The molecule has 2 heteroatoms. The minimum atomic E-state index is -0.797. The zero-order valence-electron chi connectivity index (χ0n) is 7.99. The van der Waals surface area contributed by atoms with Gasteiger partial charge in [-0.1, -0.05) is 13.0 Å². The molecule has 0 aliphatic carbocycles. The molecular formula is C11H16O2. The SMILES string of the molecule is C#CCC(C(=O)O)C(C)CCC=C. The molecule has 1 N–H and O–H groups in total. The number of carboxylic acids is 1. The van der Waals surface area contributed by atoms with Crippen LogP contribution in [-0.4, -0.2) is 11.1 Å². The lowest BCUT2D eigenvalue weighted by molar-refractivity contribution is -0.143. The predicted octanol–water partition coefficient (Wildman–Crippen LogP) is 2.31. The highest BCUT2D eigenvalue weighted by Gasteiger charge is 2.22. The van der Waals surface area contributed by atoms with Crippen molar-refractivity contribution in [2.24, 2.45) is 11.8 Å². The fourth-order valence-electron chi connectivity index (χ4n) is 1.24. The first-order valence-electron chi connectivity index (χ1n) is 4.40. The summed E-state index contributed by atoms with van der Waals surface area (Å²) < 4.78 is 0. The number of carbonyl (C=O) groups is 1. The van der Waals surface area contributed by atoms with Gasteiger partial charge in [0, 0.05) is 6.42 Å². The van der Waals surface area contributed by atoms with Crippen LogP contribution in [0.3, 0.4) is 0 Å². The monoisotopic (exact) mass is 180 g/mol. The summed E-state index contributed by atoms with van der Waals surface area (Å²) >= 11 is 0. The topological polar surface area (TPSA) is 37.3 Å². The molecule has 0 spiro atoms. The maximum atomic E-state index is 10.8. The number of allylic oxidation sites excluding steroid dienone is 1. The van der Waals surface area contributed by atoms with E-state index in [4.69, 9.17) is 11.5 Å². The van der Waals surface area contributed by atoms with E-state index in [9.17, 15) is 4.79 Å². The normalized spacial score (nSPS) is 14.2. The molecule has 0 rings (SSSR count). The number of rotatable bonds is 6. The molecule has 0 fully saturated rings. The van der Waals surface area contributed by atoms with Crippen molar-refractivity contribution in [2.75, 3.05) is 0 Å². The highest BCUT2D eigenvalue weighted by molar-refractivity contribution is 5.70. The summed E-state index contributed by atoms with van der Waals surface area (Å²) in [7, 11) is 0. The van der Waals surface area contributed by atoms with Gasteiger partial charge in [0.15, 0.2) is 0 Å². The molecule has 2 nitrogen and oxygen atoms in total. The third-order valence-corrected chi connectivity index (χ3v) is 2.17. The molecule has 0 aromatic heterocycles. The third kappa shape index (κ3) is 4.37. The Labute approximate surface area is 79.7 Å². The van der Waals surface area contributed by atoms with Crippen molar-refractivity contribution >= 4 is 5.97 Å². The highest BCUT2D eigenvalue weighted by atomic mass is 16.4. The molecule has 0 aromatic carbocycles. The summed E-state index contributed by atoms with van der Waals surface area (Å²) in [5.74, 6) is 1.31. The van der Waals surface area contributed by atoms with E-state index in [0.717, 1.165) is 12.8 Å². The second kappa shape index (κ2) is 6.30. The quantitative estimate of drug-likeness (QED) is 0.503. The van der Waals surface area contributed by atoms with Gasteiger partial charge in [-0.15, -0.1) is 18.9 Å². The zero-order chi connectivity index (χ0) is 10.3. The molecule has 0 bridgehead atoms. The fraction of sp³-hybridized carbons (Fsp3) is 0.545. The summed E-state index contributed by atoms with van der Waals surface area (Å²) in [4.78, 5) is 10.8. The van der Waals surface area contributed by atoms with E-state index in [-0.39, 0.29) is 5.92 Å². The molecule has 0 heterocycles. The van der Waals surface area contributed by atoms with Gasteiger partial charge in [0.25, 0.3) is 0 Å². The number of terminal acetylenes is 1. The largest absolute Gasteiger partial charge is 0.481 e. The van der Waals surface area contributed by atoms with E-state index in [1.54, 1.807) is 6.08 Å². The van der Waals surface area contributed by atoms with Crippen LogP contribution in [0.4, 0.5) is 0 Å². The molecule has 0 saturated heterocycles. The minimum absolute atomic E-state index is 0.117. The van der Waals surface area contributed by atoms with Crippen LogP contribution in [-0.2, 0) is 4.79 Å². The van der Waals surface area contributed by atoms with Gasteiger partial charge in [-0.3, -0.25) is 4.79 Å². The average Bonchev–Trinajstić information content (AvgIpc) is 2.09. The molecule has 13 heavy (non-hydrogen) atoms. The van der Waals surface area contributed by atoms with Crippen LogP contribution in [0.25, 0.3) is 0 Å². The van der Waals surface area contributed by atoms with E-state index >= 15 is 0 Å². The molecule has 0 radical (unpaired) electrons. The lowest BCUT2D eigenvalue weighted by Gasteiger charge is -2.16. The summed E-state index contributed by atoms with van der Waals surface area (Å²) in [5.41, 5.74) is 0. The number of aliphatic carboxylic acids is 1. The van der Waals surface area contributed by atoms with Crippen LogP contribution >= 0.6 is 0 Å². The van der Waals surface area contributed by atoms with Crippen LogP contribution in [0, 0.1) is 24.2 Å². The highest BCUT2D eigenvalue weighted by Crippen LogP contribution is 2.20. The van der Waals surface area contributed by atoms with Gasteiger partial charge in [-0.25, -0.2) is 0 Å². The summed E-state index contributed by atoms with van der Waals surface area (Å²) in [6.07, 6.45) is 8.89. The average molecular weight is 180 g/mol. The Balaban J connectivity index is 4.12. The molecule has 72 valence electrons. The second-order valence-corrected chi connectivity index (χ2v) is 3.20. The van der Waals surface area contributed by atoms with Crippen LogP contribution in [0.5, 0.6) is 0 Å². The van der Waals surface area contributed by atoms with Crippen LogP contribution in [0.1, 0.15) is 26.2 Å². The first-order chi connectivity index (χ1) is 6.13. The third-order valence-electron chi connectivity index (χ3n) is 2.17. The molecule has 2 atom stereocenters. The van der Waals surface area contributed by atoms with Crippen molar-refractivity contribution in [2.45, 2.75) is 26.2 Å². The van der Waals surface area contributed by atoms with Gasteiger partial charge in [-0.05, 0) is 18.8 Å². The molecule has 0 saturated carbocycles. The van der Waals surface area contributed by atoms with Gasteiger partial charge in [0.05, 0.1) is 5.92 Å². The first-order valence-corrected chi connectivity index (χ1v) is 4.40. The van der Waals surface area contributed by atoms with Crippen molar-refractivity contribution in [1.82, 2.24) is 0 Å². The molecule has 2 unspecified atom stereocenters. The number of hydrogen-bond acceptors (Lipinski definition) is 1. The Morgan fingerprint density at radius 2 is 2.38 bits per heavy atom. The van der Waals surface area contributed by atoms with Gasteiger partial charge >= 0.3 is 5.97 Å². The van der Waals surface area contributed by atoms with Gasteiger partial charge in [0.1, 0.15) is 0 Å². The fourth-order valence-corrected chi connectivity index (χ4v) is 1.24. The van der Waals surface area contributed by atoms with E-state index in [2.05, 4.69) is 12.5 Å². The van der Waals surface area contributed by atoms with Crippen molar-refractivity contribution in [3.63, 3.8) is 0 Å². The Bertz CT molecular complexity index is 213. The molecule has 0 aliphatic heterocycles. The van der Waals surface area contributed by atoms with Gasteiger partial charge < -0.3 is 5.11 Å². The van der Waals surface area contributed by atoms with Crippen molar-refractivity contribution in [3.8, 4) is 12.3 Å². The predicted molar refractivity (Wildman–Crippen MR) is 53.2 cm³/mol. The van der Waals surface area contributed by atoms with E-state index in [1.165, 1.54) is 0 Å². The maximum absolute atomic E-state index is 10.8. The minimum Gasteiger partial charge on any atom is -0.481 e. The smallest absolute Gasteiger partial charge is 0.307 e. The van der Waals surface area contributed by atoms with Crippen LogP contribution in [0.2, 0.25) is 0 Å². The van der Waals surface area contributed by atoms with Gasteiger partial charge in [0.2, 0.25) is 0 Å². The van der Waals surface area contributed by atoms with Crippen molar-refractivity contribution < 1.29 is 9.90 Å². The molecule has 0 amide bonds. The molecule has 0 aromatic rings. The van der Waals surface area contributed by atoms with E-state index < -0.39 is 11.9 Å². The van der Waals surface area contributed by atoms with E-state index in [0.29, 0.717) is 6.42 Å². The Morgan fingerprint density at radius 3 is 2.77 bits per heavy atom. The van der Waals surface area contributed by atoms with E-state index in [1.807, 2.05) is 6.92 Å². The lowest BCUT2D eigenvalue weighted by atomic mass is 9.88.